The van der Waals surface area contributed by atoms with E-state index >= 15 is 0 Å². The Balaban J connectivity index is 3.69. The predicted molar refractivity (Wildman–Crippen MR) is 58.0 cm³/mol. The molecule has 0 fully saturated rings. The van der Waals surface area contributed by atoms with Crippen LogP contribution in [-0.2, 0) is 20.6 Å². The summed E-state index contributed by atoms with van der Waals surface area (Å²) in [5.74, 6) is 0.0446. The summed E-state index contributed by atoms with van der Waals surface area (Å²) in [7, 11) is 0. The molecule has 0 aromatic carbocycles. The van der Waals surface area contributed by atoms with Crippen LogP contribution in [0, 0.1) is 5.92 Å². The number of carbonyl (C=O) groups is 1. The summed E-state index contributed by atoms with van der Waals surface area (Å²) in [5, 5.41) is 0. The van der Waals surface area contributed by atoms with E-state index in [0.717, 1.165) is 6.42 Å². The molecule has 0 aliphatic rings. The lowest BCUT2D eigenvalue weighted by Gasteiger charge is -2.18. The zero-order valence-electron chi connectivity index (χ0n) is 9.52. The molecule has 0 heterocycles. The molecule has 3 unspecified atom stereocenters. The number of hydrogen-bond acceptors (Lipinski definition) is 4. The minimum absolute atomic E-state index is 0.0206. The molecule has 5 heteroatoms. The van der Waals surface area contributed by atoms with Crippen molar-refractivity contribution in [2.45, 2.75) is 46.1 Å². The molecule has 4 nitrogen and oxygen atoms in total. The molecule has 0 radical (unpaired) electrons. The van der Waals surface area contributed by atoms with Crippen LogP contribution in [-0.4, -0.2) is 26.6 Å². The van der Waals surface area contributed by atoms with Crippen LogP contribution in [0.1, 0.15) is 40.0 Å². The first kappa shape index (κ1) is 14.6. The molecule has 0 saturated carbocycles. The molecule has 0 aliphatic heterocycles. The van der Waals surface area contributed by atoms with Gasteiger partial charge in [-0.15, -0.1) is 0 Å². The number of rotatable bonds is 7. The van der Waals surface area contributed by atoms with Crippen LogP contribution in [0.3, 0.4) is 0 Å². The highest BCUT2D eigenvalue weighted by atomic mass is 32.2. The van der Waals surface area contributed by atoms with E-state index in [1.807, 2.05) is 20.8 Å². The molecule has 0 aromatic heterocycles. The number of hydrogen-bond donors (Lipinski definition) is 0. The van der Waals surface area contributed by atoms with Gasteiger partial charge in [0.15, 0.2) is 0 Å². The Morgan fingerprint density at radius 1 is 1.47 bits per heavy atom. The lowest BCUT2D eigenvalue weighted by molar-refractivity contribution is -0.150. The van der Waals surface area contributed by atoms with Crippen LogP contribution in [0.15, 0.2) is 0 Å². The Morgan fingerprint density at radius 3 is 2.53 bits per heavy atom. The largest absolute Gasteiger partial charge is 0.772 e. The summed E-state index contributed by atoms with van der Waals surface area (Å²) in [6.07, 6.45) is 1.37. The lowest BCUT2D eigenvalue weighted by atomic mass is 10.0. The second-order valence-corrected chi connectivity index (χ2v) is 4.71. The fraction of sp³-hybridized carbons (Fsp3) is 0.900. The van der Waals surface area contributed by atoms with Crippen molar-refractivity contribution in [3.05, 3.63) is 0 Å². The second kappa shape index (κ2) is 7.82. The van der Waals surface area contributed by atoms with E-state index in [1.54, 1.807) is 0 Å². The Kier molecular flexibility index (Phi) is 7.60. The average Bonchev–Trinajstić information content (AvgIpc) is 2.15. The number of esters is 1. The average molecular weight is 235 g/mol. The predicted octanol–water partition coefficient (Wildman–Crippen LogP) is 1.62. The second-order valence-electron chi connectivity index (χ2n) is 3.69. The maximum absolute atomic E-state index is 11.2. The van der Waals surface area contributed by atoms with E-state index in [9.17, 15) is 13.6 Å². The molecule has 0 rings (SSSR count). The Hall–Kier alpha value is -0.420. The molecule has 0 amide bonds. The van der Waals surface area contributed by atoms with E-state index in [0.29, 0.717) is 12.3 Å². The first-order valence-corrected chi connectivity index (χ1v) is 6.47. The monoisotopic (exact) mass is 235 g/mol. The Morgan fingerprint density at radius 2 is 2.07 bits per heavy atom. The fourth-order valence-electron chi connectivity index (χ4n) is 1.05. The highest BCUT2D eigenvalue weighted by Crippen LogP contribution is 2.11. The third-order valence-corrected chi connectivity index (χ3v) is 3.08. The third kappa shape index (κ3) is 7.50. The van der Waals surface area contributed by atoms with Gasteiger partial charge in [-0.2, -0.15) is 0 Å². The van der Waals surface area contributed by atoms with Crippen LogP contribution >= 0.6 is 0 Å². The summed E-state index contributed by atoms with van der Waals surface area (Å²) in [6, 6.07) is 0. The molecule has 0 bridgehead atoms. The van der Waals surface area contributed by atoms with Gasteiger partial charge in [0.2, 0.25) is 0 Å². The zero-order chi connectivity index (χ0) is 11.8. The maximum atomic E-state index is 11.2. The van der Waals surface area contributed by atoms with Gasteiger partial charge in [0, 0.05) is 12.2 Å². The molecule has 3 atom stereocenters. The van der Waals surface area contributed by atoms with Gasteiger partial charge in [-0.1, -0.05) is 31.3 Å². The van der Waals surface area contributed by atoms with Gasteiger partial charge < -0.3 is 9.29 Å². The van der Waals surface area contributed by atoms with Crippen molar-refractivity contribution in [2.24, 2.45) is 5.92 Å². The smallest absolute Gasteiger partial charge is 0.306 e. The van der Waals surface area contributed by atoms with Crippen molar-refractivity contribution in [1.82, 2.24) is 0 Å². The van der Waals surface area contributed by atoms with Gasteiger partial charge in [0.1, 0.15) is 6.10 Å². The first-order valence-electron chi connectivity index (χ1n) is 5.22. The van der Waals surface area contributed by atoms with E-state index < -0.39 is 11.1 Å². The van der Waals surface area contributed by atoms with Crippen molar-refractivity contribution < 1.29 is 18.3 Å². The normalized spacial score (nSPS) is 16.8. The highest BCUT2D eigenvalue weighted by Gasteiger charge is 2.14. The summed E-state index contributed by atoms with van der Waals surface area (Å²) in [4.78, 5) is 11.2. The van der Waals surface area contributed by atoms with Gasteiger partial charge in [-0.3, -0.25) is 9.00 Å². The Labute approximate surface area is 93.7 Å². The van der Waals surface area contributed by atoms with E-state index in [-0.39, 0.29) is 24.2 Å². The zero-order valence-corrected chi connectivity index (χ0v) is 10.3. The SMILES string of the molecule is CCC(C)C(C)OC(=O)CCCS(=O)[O-]. The molecule has 15 heavy (non-hydrogen) atoms. The van der Waals surface area contributed by atoms with Crippen molar-refractivity contribution in [2.75, 3.05) is 5.75 Å². The highest BCUT2D eigenvalue weighted by molar-refractivity contribution is 7.79. The summed E-state index contributed by atoms with van der Waals surface area (Å²) < 4.78 is 25.6. The van der Waals surface area contributed by atoms with Crippen LogP contribution in [0.25, 0.3) is 0 Å². The molecule has 90 valence electrons. The van der Waals surface area contributed by atoms with Gasteiger partial charge in [0.25, 0.3) is 0 Å². The van der Waals surface area contributed by atoms with Crippen LogP contribution in [0.5, 0.6) is 0 Å². The van der Waals surface area contributed by atoms with Crippen LogP contribution < -0.4 is 0 Å². The van der Waals surface area contributed by atoms with E-state index in [4.69, 9.17) is 4.74 Å². The van der Waals surface area contributed by atoms with Crippen LogP contribution in [0.2, 0.25) is 0 Å². The van der Waals surface area contributed by atoms with Crippen LogP contribution in [0.4, 0.5) is 0 Å². The Bertz CT molecular complexity index is 217. The summed E-state index contributed by atoms with van der Waals surface area (Å²) >= 11 is -2.06. The van der Waals surface area contributed by atoms with Crippen molar-refractivity contribution in [3.63, 3.8) is 0 Å². The van der Waals surface area contributed by atoms with Crippen molar-refractivity contribution >= 4 is 17.0 Å². The molecule has 0 saturated heterocycles. The van der Waals surface area contributed by atoms with Gasteiger partial charge in [-0.05, 0) is 19.3 Å². The van der Waals surface area contributed by atoms with Gasteiger partial charge >= 0.3 is 5.97 Å². The van der Waals surface area contributed by atoms with Crippen molar-refractivity contribution in [3.8, 4) is 0 Å². The fourth-order valence-corrected chi connectivity index (χ4v) is 1.43. The molecular formula is C10H19O4S-. The van der Waals surface area contributed by atoms with E-state index in [1.165, 1.54) is 0 Å². The summed E-state index contributed by atoms with van der Waals surface area (Å²) in [5.41, 5.74) is 0. The maximum Gasteiger partial charge on any atom is 0.306 e. The minimum atomic E-state index is -2.06. The minimum Gasteiger partial charge on any atom is -0.772 e. The molecular weight excluding hydrogens is 216 g/mol. The molecule has 0 spiro atoms. The molecule has 0 N–H and O–H groups in total. The van der Waals surface area contributed by atoms with E-state index in [2.05, 4.69) is 0 Å². The van der Waals surface area contributed by atoms with Gasteiger partial charge in [-0.25, -0.2) is 0 Å². The third-order valence-electron chi connectivity index (χ3n) is 2.45. The lowest BCUT2D eigenvalue weighted by Crippen LogP contribution is -2.21. The topological polar surface area (TPSA) is 66.4 Å². The standard InChI is InChI=1S/C10H20O4S/c1-4-8(2)9(3)14-10(11)6-5-7-15(12)13/h8-9H,4-7H2,1-3H3,(H,12,13)/p-1. The number of carbonyl (C=O) groups excluding carboxylic acids is 1. The van der Waals surface area contributed by atoms with Gasteiger partial charge in [0.05, 0.1) is 0 Å². The molecule has 0 aliphatic carbocycles. The first-order chi connectivity index (χ1) is 6.97. The summed E-state index contributed by atoms with van der Waals surface area (Å²) in [6.45, 7) is 5.91. The van der Waals surface area contributed by atoms with Crippen molar-refractivity contribution in [1.29, 1.82) is 0 Å². The number of ether oxygens (including phenoxy) is 1. The molecule has 0 aromatic rings. The quantitative estimate of drug-likeness (QED) is 0.497.